The molecule has 0 aromatic carbocycles. The molecule has 0 saturated heterocycles. The number of anilines is 1. The van der Waals surface area contributed by atoms with Gasteiger partial charge in [-0.2, -0.15) is 0 Å². The Balaban J connectivity index is 2.20. The van der Waals surface area contributed by atoms with Gasteiger partial charge in [-0.05, 0) is 38.8 Å². The van der Waals surface area contributed by atoms with Crippen LogP contribution >= 0.6 is 0 Å². The highest BCUT2D eigenvalue weighted by Crippen LogP contribution is 2.36. The van der Waals surface area contributed by atoms with Crippen molar-refractivity contribution in [1.29, 1.82) is 0 Å². The molecule has 1 aliphatic carbocycles. The summed E-state index contributed by atoms with van der Waals surface area (Å²) in [4.78, 5) is 12.1. The van der Waals surface area contributed by atoms with Crippen LogP contribution < -0.4 is 5.32 Å². The summed E-state index contributed by atoms with van der Waals surface area (Å²) in [6, 6.07) is 0. The summed E-state index contributed by atoms with van der Waals surface area (Å²) >= 11 is 0. The molecule has 0 unspecified atom stereocenters. The number of nitrogens with one attached hydrogen (secondary N) is 1. The van der Waals surface area contributed by atoms with Crippen LogP contribution in [-0.2, 0) is 14.6 Å². The van der Waals surface area contributed by atoms with Gasteiger partial charge in [0.2, 0.25) is 5.91 Å². The molecule has 0 radical (unpaired) electrons. The Hall–Kier alpha value is -1.44. The van der Waals surface area contributed by atoms with Crippen molar-refractivity contribution in [2.45, 2.75) is 43.6 Å². The van der Waals surface area contributed by atoms with Crippen molar-refractivity contribution in [3.63, 3.8) is 0 Å². The van der Waals surface area contributed by atoms with Crippen LogP contribution in [0, 0.1) is 6.92 Å². The molecule has 1 aliphatic rings. The number of nitrogens with zero attached hydrogens (tertiary/aromatic N) is 2. The fourth-order valence-electron chi connectivity index (χ4n) is 1.53. The van der Waals surface area contributed by atoms with Crippen molar-refractivity contribution >= 4 is 21.6 Å². The third-order valence-electron chi connectivity index (χ3n) is 3.11. The van der Waals surface area contributed by atoms with Crippen molar-refractivity contribution in [2.75, 3.05) is 5.32 Å². The van der Waals surface area contributed by atoms with Gasteiger partial charge < -0.3 is 5.32 Å². The van der Waals surface area contributed by atoms with Crippen LogP contribution in [0.2, 0.25) is 0 Å². The highest BCUT2D eigenvalue weighted by atomic mass is 32.2. The minimum atomic E-state index is -3.47. The highest BCUT2D eigenvalue weighted by molar-refractivity contribution is 7.94. The quantitative estimate of drug-likeness (QED) is 0.865. The molecule has 1 aromatic rings. The summed E-state index contributed by atoms with van der Waals surface area (Å²) in [6.45, 7) is 4.41. The van der Waals surface area contributed by atoms with Crippen molar-refractivity contribution in [3.05, 3.63) is 5.69 Å². The van der Waals surface area contributed by atoms with E-state index in [2.05, 4.69) is 20.3 Å². The molecule has 7 nitrogen and oxygen atoms in total. The smallest absolute Gasteiger partial charge is 0.246 e. The number of hydrogen-bond donors (Lipinski definition) is 1. The van der Waals surface area contributed by atoms with Gasteiger partial charge in [0.15, 0.2) is 15.7 Å². The number of rotatable bonds is 4. The van der Waals surface area contributed by atoms with Crippen LogP contribution in [0.25, 0.3) is 0 Å². The van der Waals surface area contributed by atoms with Gasteiger partial charge in [-0.15, -0.1) is 0 Å². The number of aromatic nitrogens is 2. The number of hydrogen-bond acceptors (Lipinski definition) is 6. The van der Waals surface area contributed by atoms with E-state index in [0.29, 0.717) is 18.5 Å². The van der Waals surface area contributed by atoms with Crippen LogP contribution in [-0.4, -0.2) is 34.6 Å². The molecule has 1 fully saturated rings. The number of carbonyl (C=O) groups excluding carboxylic acids is 1. The van der Waals surface area contributed by atoms with E-state index in [9.17, 15) is 13.2 Å². The van der Waals surface area contributed by atoms with E-state index in [4.69, 9.17) is 0 Å². The summed E-state index contributed by atoms with van der Waals surface area (Å²) in [5.74, 6) is -0.465. The Kier molecular flexibility index (Phi) is 2.92. The van der Waals surface area contributed by atoms with Gasteiger partial charge in [-0.3, -0.25) is 4.79 Å². The second kappa shape index (κ2) is 4.04. The molecule has 2 rings (SSSR count). The Morgan fingerprint density at radius 3 is 2.44 bits per heavy atom. The lowest BCUT2D eigenvalue weighted by Gasteiger charge is -2.22. The third-order valence-corrected chi connectivity index (χ3v) is 6.06. The van der Waals surface area contributed by atoms with E-state index in [-0.39, 0.29) is 5.82 Å². The first-order chi connectivity index (χ1) is 8.26. The average Bonchev–Trinajstić information content (AvgIpc) is 3.05. The molecule has 0 spiro atoms. The topological polar surface area (TPSA) is 102 Å². The molecule has 1 heterocycles. The zero-order valence-corrected chi connectivity index (χ0v) is 11.2. The van der Waals surface area contributed by atoms with Crippen molar-refractivity contribution in [1.82, 2.24) is 10.3 Å². The second-order valence-corrected chi connectivity index (χ2v) is 7.68. The molecule has 100 valence electrons. The van der Waals surface area contributed by atoms with E-state index in [0.717, 1.165) is 0 Å². The second-order valence-electron chi connectivity index (χ2n) is 4.91. The van der Waals surface area contributed by atoms with E-state index in [1.165, 1.54) is 13.8 Å². The fraction of sp³-hybridized carbons (Fsp3) is 0.700. The maximum atomic E-state index is 12.1. The monoisotopic (exact) mass is 273 g/mol. The summed E-state index contributed by atoms with van der Waals surface area (Å²) in [5, 5.41) is 9.05. The summed E-state index contributed by atoms with van der Waals surface area (Å²) in [7, 11) is -3.47. The van der Waals surface area contributed by atoms with E-state index in [1.54, 1.807) is 6.92 Å². The van der Waals surface area contributed by atoms with Crippen LogP contribution in [0.15, 0.2) is 4.63 Å². The first-order valence-corrected chi connectivity index (χ1v) is 7.15. The van der Waals surface area contributed by atoms with Crippen LogP contribution in [0.1, 0.15) is 32.4 Å². The predicted molar refractivity (Wildman–Crippen MR) is 63.7 cm³/mol. The summed E-state index contributed by atoms with van der Waals surface area (Å²) < 4.78 is 27.3. The first-order valence-electron chi connectivity index (χ1n) is 5.61. The number of amides is 1. The average molecular weight is 273 g/mol. The minimum Gasteiger partial charge on any atom is -0.305 e. The van der Waals surface area contributed by atoms with Gasteiger partial charge in [-0.25, -0.2) is 13.0 Å². The molecule has 0 atom stereocenters. The predicted octanol–water partition coefficient (Wildman–Crippen LogP) is 0.672. The number of carbonyl (C=O) groups is 1. The van der Waals surface area contributed by atoms with E-state index in [1.807, 2.05) is 0 Å². The summed E-state index contributed by atoms with van der Waals surface area (Å²) in [6.07, 6.45) is 1.26. The standard InChI is InChI=1S/C10H15N3O4S/c1-6-8(13-17-12-6)11-9(14)10(2,3)18(15,16)7-4-5-7/h7H,4-5H2,1-3H3,(H,11,13,14). The van der Waals surface area contributed by atoms with Crippen LogP contribution in [0.5, 0.6) is 0 Å². The molecular weight excluding hydrogens is 258 g/mol. The molecule has 1 saturated carbocycles. The minimum absolute atomic E-state index is 0.152. The lowest BCUT2D eigenvalue weighted by molar-refractivity contribution is -0.117. The van der Waals surface area contributed by atoms with Gasteiger partial charge in [0.05, 0.1) is 5.25 Å². The number of sulfone groups is 1. The van der Waals surface area contributed by atoms with Crippen molar-refractivity contribution < 1.29 is 17.8 Å². The van der Waals surface area contributed by atoms with Crippen LogP contribution in [0.3, 0.4) is 0 Å². The Labute approximate surface area is 105 Å². The van der Waals surface area contributed by atoms with Gasteiger partial charge in [-0.1, -0.05) is 5.16 Å². The van der Waals surface area contributed by atoms with Crippen molar-refractivity contribution in [3.8, 4) is 0 Å². The number of aryl methyl sites for hydroxylation is 1. The first kappa shape index (κ1) is 13.0. The maximum Gasteiger partial charge on any atom is 0.246 e. The van der Waals surface area contributed by atoms with Gasteiger partial charge in [0, 0.05) is 0 Å². The third kappa shape index (κ3) is 2.00. The molecule has 0 bridgehead atoms. The Morgan fingerprint density at radius 1 is 1.39 bits per heavy atom. The molecule has 8 heteroatoms. The molecule has 1 aromatic heterocycles. The highest BCUT2D eigenvalue weighted by Gasteiger charge is 2.50. The van der Waals surface area contributed by atoms with E-state index < -0.39 is 25.7 Å². The maximum absolute atomic E-state index is 12.1. The zero-order chi connectivity index (χ0) is 13.6. The lowest BCUT2D eigenvalue weighted by Crippen LogP contribution is -2.46. The van der Waals surface area contributed by atoms with E-state index >= 15 is 0 Å². The largest absolute Gasteiger partial charge is 0.305 e. The zero-order valence-electron chi connectivity index (χ0n) is 10.4. The van der Waals surface area contributed by atoms with Crippen molar-refractivity contribution in [2.24, 2.45) is 0 Å². The van der Waals surface area contributed by atoms with Gasteiger partial charge in [0.1, 0.15) is 10.4 Å². The Bertz CT molecular complexity index is 572. The lowest BCUT2D eigenvalue weighted by atomic mass is 10.2. The SMILES string of the molecule is Cc1nonc1NC(=O)C(C)(C)S(=O)(=O)C1CC1. The molecule has 0 aliphatic heterocycles. The van der Waals surface area contributed by atoms with Crippen LogP contribution in [0.4, 0.5) is 5.82 Å². The normalized spacial score (nSPS) is 16.6. The van der Waals surface area contributed by atoms with Gasteiger partial charge >= 0.3 is 0 Å². The summed E-state index contributed by atoms with van der Waals surface area (Å²) in [5.41, 5.74) is 0.406. The molecule has 18 heavy (non-hydrogen) atoms. The molecule has 1 amide bonds. The fourth-order valence-corrected chi connectivity index (χ4v) is 3.43. The molecule has 1 N–H and O–H groups in total. The Morgan fingerprint density at radius 2 is 2.00 bits per heavy atom. The molecular formula is C10H15N3O4S. The van der Waals surface area contributed by atoms with Gasteiger partial charge in [0.25, 0.3) is 0 Å².